The van der Waals surface area contributed by atoms with Gasteiger partial charge in [-0.3, -0.25) is 19.3 Å². The number of phenolic OH excluding ortho intramolecular Hbond substituents is 1. The summed E-state index contributed by atoms with van der Waals surface area (Å²) in [4.78, 5) is 38.1. The fourth-order valence-corrected chi connectivity index (χ4v) is 3.07. The Labute approximate surface area is 149 Å². The number of ketones is 1. The molecule has 0 aliphatic carbocycles. The molecule has 134 valence electrons. The number of para-hydroxylation sites is 2. The van der Waals surface area contributed by atoms with Crippen LogP contribution in [-0.2, 0) is 19.9 Å². The molecule has 0 radical (unpaired) electrons. The van der Waals surface area contributed by atoms with Gasteiger partial charge in [-0.15, -0.1) is 0 Å². The Balaban J connectivity index is 1.98. The van der Waals surface area contributed by atoms with Crippen molar-refractivity contribution in [3.8, 4) is 5.75 Å². The molecule has 7 nitrogen and oxygen atoms in total. The lowest BCUT2D eigenvalue weighted by molar-refractivity contribution is -0.142. The van der Waals surface area contributed by atoms with Crippen molar-refractivity contribution in [2.24, 2.45) is 0 Å². The standard InChI is InChI=1S/C19H17NO6/c1-26-17(23)11-20-14-8-4-3-7-13(14)19(25,18(20)24)10-16(22)12-6-2-5-9-15(12)21/h2-9,21,25H,10-11H2,1H3/t19-/m1/s1. The highest BCUT2D eigenvalue weighted by Gasteiger charge is 2.51. The number of fused-ring (bicyclic) bond motifs is 1. The van der Waals surface area contributed by atoms with Crippen LogP contribution in [0.25, 0.3) is 0 Å². The second-order valence-corrected chi connectivity index (χ2v) is 5.96. The van der Waals surface area contributed by atoms with Crippen molar-refractivity contribution in [2.45, 2.75) is 12.0 Å². The number of benzene rings is 2. The monoisotopic (exact) mass is 355 g/mol. The average Bonchev–Trinajstić information content (AvgIpc) is 2.84. The fraction of sp³-hybridized carbons (Fsp3) is 0.211. The third kappa shape index (κ3) is 2.82. The number of methoxy groups -OCH3 is 1. The zero-order chi connectivity index (χ0) is 18.9. The van der Waals surface area contributed by atoms with Crippen LogP contribution in [0.1, 0.15) is 22.3 Å². The van der Waals surface area contributed by atoms with E-state index in [2.05, 4.69) is 4.74 Å². The van der Waals surface area contributed by atoms with Crippen molar-refractivity contribution in [3.63, 3.8) is 0 Å². The first-order valence-electron chi connectivity index (χ1n) is 7.90. The zero-order valence-corrected chi connectivity index (χ0v) is 14.0. The highest BCUT2D eigenvalue weighted by atomic mass is 16.5. The number of Topliss-reactive ketones (excluding diaryl/α,β-unsaturated/α-hetero) is 1. The second-order valence-electron chi connectivity index (χ2n) is 5.96. The smallest absolute Gasteiger partial charge is 0.325 e. The highest BCUT2D eigenvalue weighted by molar-refractivity contribution is 6.12. The fourth-order valence-electron chi connectivity index (χ4n) is 3.07. The summed E-state index contributed by atoms with van der Waals surface area (Å²) < 4.78 is 4.60. The Morgan fingerprint density at radius 1 is 1.12 bits per heavy atom. The average molecular weight is 355 g/mol. The minimum atomic E-state index is -2.12. The molecule has 0 aromatic heterocycles. The first-order valence-corrected chi connectivity index (χ1v) is 7.90. The molecule has 2 N–H and O–H groups in total. The maximum absolute atomic E-state index is 12.8. The topological polar surface area (TPSA) is 104 Å². The molecule has 2 aromatic carbocycles. The van der Waals surface area contributed by atoms with Crippen molar-refractivity contribution in [1.82, 2.24) is 0 Å². The van der Waals surface area contributed by atoms with Crippen LogP contribution in [0.15, 0.2) is 48.5 Å². The normalized spacial score (nSPS) is 18.5. The Morgan fingerprint density at radius 3 is 2.46 bits per heavy atom. The number of nitrogens with zero attached hydrogens (tertiary/aromatic N) is 1. The van der Waals surface area contributed by atoms with E-state index in [9.17, 15) is 24.6 Å². The van der Waals surface area contributed by atoms with E-state index in [0.29, 0.717) is 5.69 Å². The molecule has 0 fully saturated rings. The van der Waals surface area contributed by atoms with E-state index in [-0.39, 0.29) is 23.4 Å². The van der Waals surface area contributed by atoms with Gasteiger partial charge in [0.1, 0.15) is 12.3 Å². The zero-order valence-electron chi connectivity index (χ0n) is 14.0. The van der Waals surface area contributed by atoms with Gasteiger partial charge in [0.05, 0.1) is 24.8 Å². The summed E-state index contributed by atoms with van der Waals surface area (Å²) in [6.45, 7) is -0.376. The summed E-state index contributed by atoms with van der Waals surface area (Å²) in [6, 6.07) is 12.3. The largest absolute Gasteiger partial charge is 0.507 e. The third-order valence-corrected chi connectivity index (χ3v) is 4.38. The van der Waals surface area contributed by atoms with Crippen LogP contribution in [0.2, 0.25) is 0 Å². The summed E-state index contributed by atoms with van der Waals surface area (Å²) >= 11 is 0. The molecule has 0 bridgehead atoms. The van der Waals surface area contributed by atoms with Crippen LogP contribution >= 0.6 is 0 Å². The molecule has 0 unspecified atom stereocenters. The number of anilines is 1. The number of rotatable bonds is 5. The lowest BCUT2D eigenvalue weighted by atomic mass is 9.88. The van der Waals surface area contributed by atoms with E-state index in [4.69, 9.17) is 0 Å². The maximum Gasteiger partial charge on any atom is 0.325 e. The van der Waals surface area contributed by atoms with Gasteiger partial charge in [-0.05, 0) is 18.2 Å². The van der Waals surface area contributed by atoms with E-state index in [1.807, 2.05) is 0 Å². The summed E-state index contributed by atoms with van der Waals surface area (Å²) in [5, 5.41) is 20.9. The van der Waals surface area contributed by atoms with Gasteiger partial charge in [0.25, 0.3) is 5.91 Å². The van der Waals surface area contributed by atoms with E-state index in [1.54, 1.807) is 30.3 Å². The third-order valence-electron chi connectivity index (χ3n) is 4.38. The molecule has 1 atom stereocenters. The van der Waals surface area contributed by atoms with Crippen LogP contribution in [0, 0.1) is 0 Å². The number of hydrogen-bond donors (Lipinski definition) is 2. The van der Waals surface area contributed by atoms with Gasteiger partial charge in [0.2, 0.25) is 0 Å². The predicted octanol–water partition coefficient (Wildman–Crippen LogP) is 1.37. The molecule has 3 rings (SSSR count). The SMILES string of the molecule is COC(=O)CN1C(=O)[C@@](O)(CC(=O)c2ccccc2O)c2ccccc21. The molecule has 0 saturated heterocycles. The van der Waals surface area contributed by atoms with Gasteiger partial charge in [0, 0.05) is 5.56 Å². The molecule has 2 aromatic rings. The van der Waals surface area contributed by atoms with E-state index >= 15 is 0 Å². The number of aliphatic hydroxyl groups is 1. The molecule has 26 heavy (non-hydrogen) atoms. The van der Waals surface area contributed by atoms with Crippen molar-refractivity contribution >= 4 is 23.3 Å². The number of amides is 1. The van der Waals surface area contributed by atoms with Gasteiger partial charge >= 0.3 is 5.97 Å². The van der Waals surface area contributed by atoms with Gasteiger partial charge in [0.15, 0.2) is 11.4 Å². The Kier molecular flexibility index (Phi) is 4.48. The van der Waals surface area contributed by atoms with Gasteiger partial charge in [-0.2, -0.15) is 0 Å². The van der Waals surface area contributed by atoms with E-state index in [0.717, 1.165) is 4.90 Å². The van der Waals surface area contributed by atoms with Crippen LogP contribution < -0.4 is 4.90 Å². The lowest BCUT2D eigenvalue weighted by Crippen LogP contribution is -2.43. The molecule has 1 amide bonds. The number of carbonyl (C=O) groups excluding carboxylic acids is 3. The summed E-state index contributed by atoms with van der Waals surface area (Å²) in [5.41, 5.74) is -1.53. The molecular weight excluding hydrogens is 338 g/mol. The van der Waals surface area contributed by atoms with E-state index in [1.165, 1.54) is 25.3 Å². The van der Waals surface area contributed by atoms with Crippen molar-refractivity contribution in [3.05, 3.63) is 59.7 Å². The molecule has 7 heteroatoms. The first kappa shape index (κ1) is 17.6. The minimum Gasteiger partial charge on any atom is -0.507 e. The first-order chi connectivity index (χ1) is 12.4. The summed E-state index contributed by atoms with van der Waals surface area (Å²) in [6.07, 6.45) is -0.557. The van der Waals surface area contributed by atoms with Crippen LogP contribution in [-0.4, -0.2) is 41.5 Å². The van der Waals surface area contributed by atoms with Crippen LogP contribution in [0.4, 0.5) is 5.69 Å². The quantitative estimate of drug-likeness (QED) is 0.620. The number of ether oxygens (including phenoxy) is 1. The number of phenols is 1. The molecule has 0 saturated carbocycles. The lowest BCUT2D eigenvalue weighted by Gasteiger charge is -2.22. The highest BCUT2D eigenvalue weighted by Crippen LogP contribution is 2.43. The van der Waals surface area contributed by atoms with Crippen LogP contribution in [0.3, 0.4) is 0 Å². The molecule has 0 spiro atoms. The van der Waals surface area contributed by atoms with Crippen molar-refractivity contribution in [2.75, 3.05) is 18.6 Å². The molecule has 1 aliphatic heterocycles. The van der Waals surface area contributed by atoms with E-state index < -0.39 is 29.7 Å². The Bertz CT molecular complexity index is 893. The number of aromatic hydroxyl groups is 1. The van der Waals surface area contributed by atoms with Gasteiger partial charge < -0.3 is 14.9 Å². The van der Waals surface area contributed by atoms with Gasteiger partial charge in [-0.25, -0.2) is 0 Å². The maximum atomic E-state index is 12.8. The molecule has 1 heterocycles. The molecular formula is C19H17NO6. The van der Waals surface area contributed by atoms with Crippen molar-refractivity contribution in [1.29, 1.82) is 0 Å². The summed E-state index contributed by atoms with van der Waals surface area (Å²) in [7, 11) is 1.20. The Hall–Kier alpha value is -3.19. The minimum absolute atomic E-state index is 0.0117. The number of hydrogen-bond acceptors (Lipinski definition) is 6. The molecule has 1 aliphatic rings. The predicted molar refractivity (Wildman–Crippen MR) is 91.8 cm³/mol. The number of esters is 1. The number of carbonyl (C=O) groups is 3. The van der Waals surface area contributed by atoms with Crippen molar-refractivity contribution < 1.29 is 29.3 Å². The summed E-state index contributed by atoms with van der Waals surface area (Å²) in [5.74, 6) is -2.25. The second kappa shape index (κ2) is 6.61. The Morgan fingerprint density at radius 2 is 1.77 bits per heavy atom. The van der Waals surface area contributed by atoms with Crippen LogP contribution in [0.5, 0.6) is 5.75 Å². The van der Waals surface area contributed by atoms with Gasteiger partial charge in [-0.1, -0.05) is 30.3 Å².